The maximum absolute atomic E-state index is 12.9. The molecule has 0 radical (unpaired) electrons. The predicted octanol–water partition coefficient (Wildman–Crippen LogP) is 3.15. The number of hydrogen-bond acceptors (Lipinski definition) is 9. The van der Waals surface area contributed by atoms with Gasteiger partial charge in [0.2, 0.25) is 0 Å². The second kappa shape index (κ2) is 8.59. The van der Waals surface area contributed by atoms with Crippen LogP contribution in [-0.4, -0.2) is 31.1 Å². The summed E-state index contributed by atoms with van der Waals surface area (Å²) in [7, 11) is 0. The van der Waals surface area contributed by atoms with Crippen LogP contribution < -0.4 is 10.0 Å². The molecule has 4 heterocycles. The zero-order valence-electron chi connectivity index (χ0n) is 14.9. The van der Waals surface area contributed by atoms with E-state index in [1.165, 1.54) is 47.4 Å². The lowest BCUT2D eigenvalue weighted by Gasteiger charge is -2.10. The fourth-order valence-electron chi connectivity index (χ4n) is 2.24. The summed E-state index contributed by atoms with van der Waals surface area (Å²) in [6.07, 6.45) is 4.48. The number of hydrogen-bond donors (Lipinski definition) is 2. The van der Waals surface area contributed by atoms with E-state index < -0.39 is 0 Å². The van der Waals surface area contributed by atoms with E-state index in [1.54, 1.807) is 36.7 Å². The van der Waals surface area contributed by atoms with Gasteiger partial charge < -0.3 is 5.21 Å². The van der Waals surface area contributed by atoms with E-state index in [0.29, 0.717) is 30.8 Å². The number of thiazole rings is 1. The zero-order chi connectivity index (χ0) is 20.2. The van der Waals surface area contributed by atoms with Gasteiger partial charge in [0.1, 0.15) is 17.0 Å². The molecule has 1 amide bonds. The first-order valence-electron chi connectivity index (χ1n) is 8.21. The molecule has 0 saturated heterocycles. The van der Waals surface area contributed by atoms with Crippen LogP contribution in [0.2, 0.25) is 0 Å². The number of pyridine rings is 2. The zero-order valence-corrected chi connectivity index (χ0v) is 17.3. The van der Waals surface area contributed by atoms with E-state index in [2.05, 4.69) is 30.5 Å². The van der Waals surface area contributed by atoms with Crippen molar-refractivity contribution in [2.45, 2.75) is 26.9 Å². The fourth-order valence-corrected chi connectivity index (χ4v) is 4.34. The minimum Gasteiger partial charge on any atom is -0.618 e. The van der Waals surface area contributed by atoms with Crippen LogP contribution >= 0.6 is 34.9 Å². The Morgan fingerprint density at radius 1 is 1.24 bits per heavy atom. The standard InChI is InChI=1S/C17H13N7O2S3/c1-10-2-3-11(8-24(10)26)28-12-4-5-13(29-17-19-9-20-23-17)21-14(12)15(25)22-16-18-6-7-27-16/h2-9H,1H3,(H,18,22,25)(H,19,20,23). The summed E-state index contributed by atoms with van der Waals surface area (Å²) >= 11 is 3.86. The van der Waals surface area contributed by atoms with E-state index >= 15 is 0 Å². The van der Waals surface area contributed by atoms with Gasteiger partial charge in [-0.25, -0.2) is 15.0 Å². The number of aromatic nitrogens is 6. The van der Waals surface area contributed by atoms with Crippen molar-refractivity contribution in [3.63, 3.8) is 0 Å². The summed E-state index contributed by atoms with van der Waals surface area (Å²) in [5.41, 5.74) is 0.820. The van der Waals surface area contributed by atoms with Crippen LogP contribution in [0, 0.1) is 12.1 Å². The van der Waals surface area contributed by atoms with E-state index in [-0.39, 0.29) is 11.6 Å². The molecular formula is C17H13N7O2S3. The van der Waals surface area contributed by atoms with Crippen LogP contribution in [0.5, 0.6) is 0 Å². The number of aromatic amines is 1. The third kappa shape index (κ3) is 4.72. The summed E-state index contributed by atoms with van der Waals surface area (Å²) in [4.78, 5) is 26.8. The average molecular weight is 444 g/mol. The highest BCUT2D eigenvalue weighted by Crippen LogP contribution is 2.32. The predicted molar refractivity (Wildman–Crippen MR) is 109 cm³/mol. The molecule has 9 nitrogen and oxygen atoms in total. The third-order valence-electron chi connectivity index (χ3n) is 3.60. The monoisotopic (exact) mass is 443 g/mol. The minimum absolute atomic E-state index is 0.229. The van der Waals surface area contributed by atoms with E-state index in [9.17, 15) is 10.0 Å². The van der Waals surface area contributed by atoms with E-state index in [4.69, 9.17) is 0 Å². The van der Waals surface area contributed by atoms with E-state index in [1.807, 2.05) is 6.07 Å². The van der Waals surface area contributed by atoms with Gasteiger partial charge in [0.05, 0.1) is 4.90 Å². The highest BCUT2D eigenvalue weighted by atomic mass is 32.2. The maximum Gasteiger partial charge on any atom is 0.277 e. The summed E-state index contributed by atoms with van der Waals surface area (Å²) in [5.74, 6) is -0.385. The molecule has 0 aliphatic heterocycles. The van der Waals surface area contributed by atoms with Gasteiger partial charge in [-0.1, -0.05) is 11.8 Å². The molecule has 4 aromatic heterocycles. The Kier molecular flexibility index (Phi) is 5.74. The third-order valence-corrected chi connectivity index (χ3v) is 6.15. The highest BCUT2D eigenvalue weighted by Gasteiger charge is 2.18. The average Bonchev–Trinajstić information content (AvgIpc) is 3.40. The molecule has 0 unspecified atom stereocenters. The van der Waals surface area contributed by atoms with Crippen molar-refractivity contribution in [3.05, 3.63) is 65.0 Å². The highest BCUT2D eigenvalue weighted by molar-refractivity contribution is 7.99. The number of rotatable bonds is 6. The van der Waals surface area contributed by atoms with E-state index in [0.717, 1.165) is 4.73 Å². The topological polar surface area (TPSA) is 123 Å². The molecule has 0 spiro atoms. The molecule has 0 aliphatic rings. The lowest BCUT2D eigenvalue weighted by atomic mass is 10.3. The van der Waals surface area contributed by atoms with Crippen LogP contribution in [0.25, 0.3) is 0 Å². The van der Waals surface area contributed by atoms with Gasteiger partial charge in [-0.05, 0) is 30.0 Å². The fraction of sp³-hybridized carbons (Fsp3) is 0.0588. The van der Waals surface area contributed by atoms with Crippen LogP contribution in [0.1, 0.15) is 16.2 Å². The smallest absolute Gasteiger partial charge is 0.277 e. The van der Waals surface area contributed by atoms with Crippen molar-refractivity contribution in [2.75, 3.05) is 5.32 Å². The molecule has 0 bridgehead atoms. The molecule has 4 rings (SSSR count). The first kappa shape index (κ1) is 19.4. The van der Waals surface area contributed by atoms with Crippen molar-refractivity contribution < 1.29 is 9.52 Å². The molecule has 0 saturated carbocycles. The number of H-pyrrole nitrogens is 1. The van der Waals surface area contributed by atoms with Gasteiger partial charge in [-0.3, -0.25) is 15.2 Å². The Hall–Kier alpha value is -2.96. The van der Waals surface area contributed by atoms with Crippen LogP contribution in [0.3, 0.4) is 0 Å². The molecule has 0 atom stereocenters. The normalized spacial score (nSPS) is 10.8. The van der Waals surface area contributed by atoms with Gasteiger partial charge in [0, 0.05) is 29.5 Å². The Morgan fingerprint density at radius 2 is 2.14 bits per heavy atom. The quantitative estimate of drug-likeness (QED) is 0.344. The number of aryl methyl sites for hydroxylation is 1. The maximum atomic E-state index is 12.9. The van der Waals surface area contributed by atoms with Crippen molar-refractivity contribution in [2.24, 2.45) is 0 Å². The molecule has 4 aromatic rings. The molecule has 0 aromatic carbocycles. The number of carbonyl (C=O) groups is 1. The second-order valence-electron chi connectivity index (χ2n) is 5.61. The first-order valence-corrected chi connectivity index (χ1v) is 10.7. The summed E-state index contributed by atoms with van der Waals surface area (Å²) < 4.78 is 0.791. The van der Waals surface area contributed by atoms with Gasteiger partial charge >= 0.3 is 0 Å². The number of amides is 1. The van der Waals surface area contributed by atoms with Crippen molar-refractivity contribution >= 4 is 45.9 Å². The van der Waals surface area contributed by atoms with Gasteiger partial charge in [-0.15, -0.1) is 11.3 Å². The Bertz CT molecular complexity index is 1130. The Balaban J connectivity index is 1.66. The number of nitrogens with one attached hydrogen (secondary N) is 2. The van der Waals surface area contributed by atoms with Gasteiger partial charge in [0.25, 0.3) is 5.91 Å². The molecular weight excluding hydrogens is 430 g/mol. The molecule has 29 heavy (non-hydrogen) atoms. The number of nitrogens with zero attached hydrogens (tertiary/aromatic N) is 5. The first-order chi connectivity index (χ1) is 14.1. The number of anilines is 1. The summed E-state index contributed by atoms with van der Waals surface area (Å²) in [6.45, 7) is 1.73. The Labute approximate surface area is 177 Å². The molecule has 146 valence electrons. The van der Waals surface area contributed by atoms with Crippen LogP contribution in [-0.2, 0) is 0 Å². The second-order valence-corrected chi connectivity index (χ2v) is 8.63. The van der Waals surface area contributed by atoms with Gasteiger partial charge in [-0.2, -0.15) is 9.83 Å². The molecule has 2 N–H and O–H groups in total. The summed E-state index contributed by atoms with van der Waals surface area (Å²) in [6, 6.07) is 7.14. The minimum atomic E-state index is -0.385. The Morgan fingerprint density at radius 3 is 2.86 bits per heavy atom. The van der Waals surface area contributed by atoms with Crippen LogP contribution in [0.15, 0.2) is 68.3 Å². The van der Waals surface area contributed by atoms with Crippen molar-refractivity contribution in [1.82, 2.24) is 25.1 Å². The van der Waals surface area contributed by atoms with Gasteiger partial charge in [0.15, 0.2) is 22.2 Å². The lowest BCUT2D eigenvalue weighted by Crippen LogP contribution is -2.29. The number of carbonyl (C=O) groups excluding carboxylic acids is 1. The SMILES string of the molecule is Cc1ccc(Sc2ccc(Sc3ncn[nH]3)nc2C(=O)Nc2nccs2)c[n+]1[O-]. The van der Waals surface area contributed by atoms with Crippen LogP contribution in [0.4, 0.5) is 5.13 Å². The largest absolute Gasteiger partial charge is 0.618 e. The molecule has 12 heteroatoms. The van der Waals surface area contributed by atoms with Crippen molar-refractivity contribution in [3.8, 4) is 0 Å². The lowest BCUT2D eigenvalue weighted by molar-refractivity contribution is -0.614. The molecule has 0 fully saturated rings. The van der Waals surface area contributed by atoms with Crippen molar-refractivity contribution in [1.29, 1.82) is 0 Å². The summed E-state index contributed by atoms with van der Waals surface area (Å²) in [5, 5.41) is 24.6. The molecule has 0 aliphatic carbocycles.